The first kappa shape index (κ1) is 39.6. The molecule has 2 aliphatic carbocycles. The predicted octanol–water partition coefficient (Wildman–Crippen LogP) is 15.6. The van der Waals surface area contributed by atoms with Gasteiger partial charge in [-0.3, -0.25) is 0 Å². The van der Waals surface area contributed by atoms with Crippen molar-refractivity contribution < 1.29 is 0 Å². The van der Waals surface area contributed by atoms with Crippen LogP contribution in [0.15, 0.2) is 181 Å². The maximum atomic E-state index is 2.52. The Kier molecular flexibility index (Phi) is 11.7. The molecule has 1 nitrogen and oxygen atoms in total. The molecule has 1 heteroatoms. The van der Waals surface area contributed by atoms with Gasteiger partial charge in [0, 0.05) is 22.5 Å². The van der Waals surface area contributed by atoms with Gasteiger partial charge in [-0.15, -0.1) is 0 Å². The van der Waals surface area contributed by atoms with Crippen LogP contribution < -0.4 is 4.90 Å². The van der Waals surface area contributed by atoms with E-state index in [0.29, 0.717) is 5.92 Å². The molecule has 0 aliphatic heterocycles. The molecule has 5 aromatic carbocycles. The van der Waals surface area contributed by atoms with Gasteiger partial charge >= 0.3 is 0 Å². The molecule has 0 saturated carbocycles. The molecule has 5 aromatic rings. The van der Waals surface area contributed by atoms with Crippen LogP contribution in [-0.2, 0) is 17.3 Å². The van der Waals surface area contributed by atoms with Crippen LogP contribution in [0.5, 0.6) is 0 Å². The Morgan fingerprint density at radius 1 is 0.737 bits per heavy atom. The van der Waals surface area contributed by atoms with E-state index in [0.717, 1.165) is 19.3 Å². The molecular formula is C56H59N. The largest absolute Gasteiger partial charge is 0.314 e. The number of rotatable bonds is 8. The highest BCUT2D eigenvalue weighted by atomic mass is 15.1. The van der Waals surface area contributed by atoms with Gasteiger partial charge in [0.25, 0.3) is 0 Å². The monoisotopic (exact) mass is 745 g/mol. The molecule has 1 unspecified atom stereocenters. The van der Waals surface area contributed by atoms with Crippen LogP contribution in [-0.4, -0.2) is 0 Å². The summed E-state index contributed by atoms with van der Waals surface area (Å²) in [7, 11) is 0. The highest BCUT2D eigenvalue weighted by Gasteiger charge is 2.38. The minimum Gasteiger partial charge on any atom is -0.314 e. The summed E-state index contributed by atoms with van der Waals surface area (Å²) in [6.07, 6.45) is 21.1. The first-order chi connectivity index (χ1) is 27.5. The number of nitrogens with zero attached hydrogens (tertiary/aromatic N) is 1. The Hall–Kier alpha value is -5.66. The predicted molar refractivity (Wildman–Crippen MR) is 248 cm³/mol. The molecule has 0 bridgehead atoms. The maximum absolute atomic E-state index is 2.52. The van der Waals surface area contributed by atoms with Gasteiger partial charge in [-0.2, -0.15) is 0 Å². The third-order valence-electron chi connectivity index (χ3n) is 12.4. The molecule has 0 N–H and O–H groups in total. The summed E-state index contributed by atoms with van der Waals surface area (Å²) in [6, 6.07) is 45.2. The van der Waals surface area contributed by atoms with Crippen molar-refractivity contribution in [2.24, 2.45) is 0 Å². The van der Waals surface area contributed by atoms with E-state index in [4.69, 9.17) is 0 Å². The molecule has 1 atom stereocenters. The molecule has 288 valence electrons. The molecule has 0 saturated heterocycles. The third-order valence-corrected chi connectivity index (χ3v) is 12.4. The van der Waals surface area contributed by atoms with Gasteiger partial charge in [0.05, 0.1) is 0 Å². The Morgan fingerprint density at radius 2 is 1.42 bits per heavy atom. The molecule has 0 amide bonds. The standard InChI is InChI=1S/C56H59N/c1-9-18-42(10-2)44-28-25-41(26-29-44)27-36-53-49(11-3)51-35-34-48(39-54(51)56(53,7)8)57(47-32-30-45(31-33-47)43-20-13-12-14-21-43)46-22-17-19-40(4)50-23-15-16-24-52(50)55(5,6)38-37-46/h9-26,28-36,39-40H,27,37-38H2,1-8H3/b18-9-,19-17?,42-10+,46-22+,49-11-,53-36+. The number of benzene rings is 5. The van der Waals surface area contributed by atoms with Crippen molar-refractivity contribution in [2.45, 2.75) is 91.4 Å². The van der Waals surface area contributed by atoms with Crippen molar-refractivity contribution in [3.05, 3.63) is 215 Å². The molecule has 0 radical (unpaired) electrons. The second-order valence-corrected chi connectivity index (χ2v) is 16.9. The lowest BCUT2D eigenvalue weighted by atomic mass is 9.75. The van der Waals surface area contributed by atoms with E-state index in [2.05, 4.69) is 230 Å². The van der Waals surface area contributed by atoms with Crippen LogP contribution >= 0.6 is 0 Å². The fourth-order valence-corrected chi connectivity index (χ4v) is 9.02. The van der Waals surface area contributed by atoms with Crippen molar-refractivity contribution in [2.75, 3.05) is 4.90 Å². The van der Waals surface area contributed by atoms with Gasteiger partial charge in [0.15, 0.2) is 0 Å². The van der Waals surface area contributed by atoms with Gasteiger partial charge in [0.2, 0.25) is 0 Å². The topological polar surface area (TPSA) is 3.24 Å². The van der Waals surface area contributed by atoms with Crippen LogP contribution in [0.25, 0.3) is 22.3 Å². The van der Waals surface area contributed by atoms with E-state index < -0.39 is 0 Å². The summed E-state index contributed by atoms with van der Waals surface area (Å²) in [5, 5.41) is 0. The fourth-order valence-electron chi connectivity index (χ4n) is 9.02. The van der Waals surface area contributed by atoms with Crippen molar-refractivity contribution in [1.82, 2.24) is 0 Å². The van der Waals surface area contributed by atoms with Crippen LogP contribution in [0.4, 0.5) is 11.4 Å². The van der Waals surface area contributed by atoms with Gasteiger partial charge in [-0.25, -0.2) is 0 Å². The minimum absolute atomic E-state index is 0.0142. The molecular weight excluding hydrogens is 687 g/mol. The zero-order chi connectivity index (χ0) is 40.2. The Labute approximate surface area is 343 Å². The summed E-state index contributed by atoms with van der Waals surface area (Å²) < 4.78 is 0. The zero-order valence-electron chi connectivity index (χ0n) is 35.3. The third kappa shape index (κ3) is 8.12. The summed E-state index contributed by atoms with van der Waals surface area (Å²) in [6.45, 7) is 18.3. The number of fused-ring (bicyclic) bond motifs is 2. The fraction of sp³-hybridized carbons (Fsp3) is 0.250. The lowest BCUT2D eigenvalue weighted by Crippen LogP contribution is -2.24. The lowest BCUT2D eigenvalue weighted by Gasteiger charge is -2.34. The van der Waals surface area contributed by atoms with Gasteiger partial charge in [-0.1, -0.05) is 174 Å². The summed E-state index contributed by atoms with van der Waals surface area (Å²) in [4.78, 5) is 2.52. The summed E-state index contributed by atoms with van der Waals surface area (Å²) in [5.74, 6) is 0.321. The second kappa shape index (κ2) is 16.8. The van der Waals surface area contributed by atoms with Crippen molar-refractivity contribution in [1.29, 1.82) is 0 Å². The Morgan fingerprint density at radius 3 is 2.12 bits per heavy atom. The average Bonchev–Trinajstić information content (AvgIpc) is 3.45. The summed E-state index contributed by atoms with van der Waals surface area (Å²) in [5.41, 5.74) is 18.2. The van der Waals surface area contributed by atoms with Crippen LogP contribution in [0, 0.1) is 0 Å². The van der Waals surface area contributed by atoms with Crippen molar-refractivity contribution in [3.8, 4) is 11.1 Å². The van der Waals surface area contributed by atoms with E-state index in [1.165, 1.54) is 78.3 Å². The van der Waals surface area contributed by atoms with Crippen molar-refractivity contribution >= 4 is 22.5 Å². The van der Waals surface area contributed by atoms with E-state index in [1.807, 2.05) is 0 Å². The normalized spacial score (nSPS) is 20.0. The highest BCUT2D eigenvalue weighted by Crippen LogP contribution is 2.51. The number of anilines is 2. The van der Waals surface area contributed by atoms with E-state index in [9.17, 15) is 0 Å². The van der Waals surface area contributed by atoms with Gasteiger partial charge in [0.1, 0.15) is 0 Å². The van der Waals surface area contributed by atoms with E-state index in [-0.39, 0.29) is 10.8 Å². The molecule has 0 fully saturated rings. The minimum atomic E-state index is -0.161. The summed E-state index contributed by atoms with van der Waals surface area (Å²) >= 11 is 0. The molecule has 0 spiro atoms. The smallest absolute Gasteiger partial charge is 0.0461 e. The molecule has 0 heterocycles. The van der Waals surface area contributed by atoms with Crippen molar-refractivity contribution in [3.63, 3.8) is 0 Å². The van der Waals surface area contributed by atoms with Gasteiger partial charge in [-0.05, 0) is 143 Å². The zero-order valence-corrected chi connectivity index (χ0v) is 35.3. The number of hydrogen-bond donors (Lipinski definition) is 0. The lowest BCUT2D eigenvalue weighted by molar-refractivity contribution is 0.472. The van der Waals surface area contributed by atoms with Crippen LogP contribution in [0.3, 0.4) is 0 Å². The number of allylic oxidation sites excluding steroid dienone is 12. The molecule has 57 heavy (non-hydrogen) atoms. The maximum Gasteiger partial charge on any atom is 0.0461 e. The van der Waals surface area contributed by atoms with E-state index >= 15 is 0 Å². The average molecular weight is 746 g/mol. The Balaban J connectivity index is 1.29. The first-order valence-corrected chi connectivity index (χ1v) is 20.9. The first-order valence-electron chi connectivity index (χ1n) is 20.9. The SMILES string of the molecule is C/C=C\C(=C/C)c1ccc(C/C=C2\C(=C/C)c3ccc(N(/C4=C/C=CC(C)c5ccccc5C(C)(C)CC4)c4ccc(-c5ccccc5)cc4)cc3C2(C)C)cc1. The van der Waals surface area contributed by atoms with E-state index in [1.54, 1.807) is 0 Å². The van der Waals surface area contributed by atoms with Gasteiger partial charge < -0.3 is 4.90 Å². The number of hydrogen-bond acceptors (Lipinski definition) is 1. The highest BCUT2D eigenvalue weighted by molar-refractivity contribution is 5.91. The second-order valence-electron chi connectivity index (χ2n) is 16.9. The molecule has 2 aliphatic rings. The van der Waals surface area contributed by atoms with Crippen LogP contribution in [0.1, 0.15) is 108 Å². The van der Waals surface area contributed by atoms with Crippen LogP contribution in [0.2, 0.25) is 0 Å². The molecule has 0 aromatic heterocycles. The Bertz CT molecular complexity index is 2390. The quantitative estimate of drug-likeness (QED) is 0.143. The molecule has 7 rings (SSSR count).